The molecule has 5 rings (SSSR count). The monoisotopic (exact) mass is 551 g/mol. The van der Waals surface area contributed by atoms with Crippen molar-refractivity contribution < 1.29 is 9.53 Å². The van der Waals surface area contributed by atoms with E-state index in [1.54, 1.807) is 11.3 Å². The molecule has 4 aromatic rings. The van der Waals surface area contributed by atoms with Crippen molar-refractivity contribution in [3.63, 3.8) is 0 Å². The largest absolute Gasteiger partial charge is 0.379 e. The van der Waals surface area contributed by atoms with Crippen LogP contribution >= 0.6 is 35.2 Å². The molecule has 5 nitrogen and oxygen atoms in total. The molecule has 2 aromatic carbocycles. The van der Waals surface area contributed by atoms with Gasteiger partial charge >= 0.3 is 0 Å². The normalized spacial score (nSPS) is 14.2. The number of pyridine rings is 1. The van der Waals surface area contributed by atoms with Gasteiger partial charge in [-0.05, 0) is 42.2 Å². The van der Waals surface area contributed by atoms with Crippen LogP contribution < -0.4 is 5.32 Å². The Kier molecular flexibility index (Phi) is 8.69. The molecule has 1 N–H and O–H groups in total. The molecular formula is C29H30ClN3O2S2. The highest BCUT2D eigenvalue weighted by atomic mass is 35.5. The smallest absolute Gasteiger partial charge is 0.254 e. The fourth-order valence-corrected chi connectivity index (χ4v) is 6.29. The summed E-state index contributed by atoms with van der Waals surface area (Å²) in [5, 5.41) is 4.71. The summed E-state index contributed by atoms with van der Waals surface area (Å²) in [7, 11) is 0. The van der Waals surface area contributed by atoms with E-state index >= 15 is 0 Å². The molecule has 37 heavy (non-hydrogen) atoms. The Hall–Kier alpha value is -2.55. The van der Waals surface area contributed by atoms with Crippen LogP contribution in [0.1, 0.15) is 32.8 Å². The highest BCUT2D eigenvalue weighted by Crippen LogP contribution is 2.30. The van der Waals surface area contributed by atoms with E-state index in [0.717, 1.165) is 68.0 Å². The first-order chi connectivity index (χ1) is 18.1. The van der Waals surface area contributed by atoms with E-state index in [9.17, 15) is 4.79 Å². The zero-order valence-corrected chi connectivity index (χ0v) is 23.0. The van der Waals surface area contributed by atoms with Gasteiger partial charge in [-0.2, -0.15) is 0 Å². The average Bonchev–Trinajstić information content (AvgIpc) is 3.35. The molecule has 3 heterocycles. The van der Waals surface area contributed by atoms with Crippen molar-refractivity contribution in [2.75, 3.05) is 26.3 Å². The predicted molar refractivity (Wildman–Crippen MR) is 154 cm³/mol. The third kappa shape index (κ3) is 6.67. The summed E-state index contributed by atoms with van der Waals surface area (Å²) in [4.78, 5) is 18.1. The van der Waals surface area contributed by atoms with Crippen molar-refractivity contribution >= 4 is 51.3 Å². The summed E-state index contributed by atoms with van der Waals surface area (Å²) in [6.07, 6.45) is 3.90. The van der Waals surface area contributed by atoms with E-state index in [0.29, 0.717) is 21.6 Å². The molecule has 0 spiro atoms. The molecule has 0 radical (unpaired) electrons. The second kappa shape index (κ2) is 12.3. The van der Waals surface area contributed by atoms with Gasteiger partial charge in [-0.15, -0.1) is 11.3 Å². The minimum absolute atomic E-state index is 0.153. The summed E-state index contributed by atoms with van der Waals surface area (Å²) in [5.74, 6) is -0.153. The van der Waals surface area contributed by atoms with Crippen LogP contribution in [0.3, 0.4) is 0 Å². The summed E-state index contributed by atoms with van der Waals surface area (Å²) in [6.45, 7) is 5.52. The van der Waals surface area contributed by atoms with Crippen molar-refractivity contribution in [2.24, 2.45) is 0 Å². The Labute approximate surface area is 231 Å². The number of carbonyl (C=O) groups excluding carboxylic acids is 1. The number of halogens is 1. The van der Waals surface area contributed by atoms with Crippen LogP contribution in [0.2, 0.25) is 5.02 Å². The molecule has 0 saturated carbocycles. The quantitative estimate of drug-likeness (QED) is 0.242. The molecule has 8 heteroatoms. The van der Waals surface area contributed by atoms with Gasteiger partial charge in [0.15, 0.2) is 0 Å². The SMILES string of the molecule is O=C(NCc1ccc(Cl)cc1)c1cn(CCCc2ccccc2)c2sc(CN3CCOCC3)cc2c1=S. The summed E-state index contributed by atoms with van der Waals surface area (Å²) < 4.78 is 8.35. The van der Waals surface area contributed by atoms with E-state index in [1.165, 1.54) is 10.4 Å². The number of thiophene rings is 1. The molecule has 0 atom stereocenters. The molecule has 1 saturated heterocycles. The first-order valence-corrected chi connectivity index (χ1v) is 14.2. The second-order valence-electron chi connectivity index (χ2n) is 9.28. The van der Waals surface area contributed by atoms with E-state index in [1.807, 2.05) is 36.5 Å². The number of amides is 1. The lowest BCUT2D eigenvalue weighted by atomic mass is 10.1. The lowest BCUT2D eigenvalue weighted by Gasteiger charge is -2.25. The second-order valence-corrected chi connectivity index (χ2v) is 11.2. The number of hydrogen-bond acceptors (Lipinski definition) is 5. The number of carbonyl (C=O) groups is 1. The Balaban J connectivity index is 1.40. The van der Waals surface area contributed by atoms with Crippen molar-refractivity contribution in [1.29, 1.82) is 0 Å². The minimum Gasteiger partial charge on any atom is -0.379 e. The first-order valence-electron chi connectivity index (χ1n) is 12.6. The summed E-state index contributed by atoms with van der Waals surface area (Å²) in [6, 6.07) is 20.2. The number of benzene rings is 2. The molecule has 1 aliphatic rings. The van der Waals surface area contributed by atoms with Gasteiger partial charge in [0.25, 0.3) is 5.91 Å². The van der Waals surface area contributed by atoms with Gasteiger partial charge < -0.3 is 14.6 Å². The third-order valence-electron chi connectivity index (χ3n) is 6.60. The van der Waals surface area contributed by atoms with Gasteiger partial charge in [0.2, 0.25) is 0 Å². The molecule has 192 valence electrons. The van der Waals surface area contributed by atoms with Crippen LogP contribution in [0.4, 0.5) is 0 Å². The average molecular weight is 552 g/mol. The van der Waals surface area contributed by atoms with Gasteiger partial charge in [0.1, 0.15) is 4.83 Å². The molecule has 2 aromatic heterocycles. The molecule has 0 bridgehead atoms. The van der Waals surface area contributed by atoms with Gasteiger partial charge in [-0.3, -0.25) is 9.69 Å². The standard InChI is InChI=1S/C29H30ClN3O2S2/c30-23-10-8-22(9-11-23)18-31-28(34)26-20-33(12-4-7-21-5-2-1-3-6-21)29-25(27(26)36)17-24(37-29)19-32-13-15-35-16-14-32/h1-3,5-6,8-11,17,20H,4,7,12-16,18-19H2,(H,31,34). The van der Waals surface area contributed by atoms with Gasteiger partial charge in [0.05, 0.1) is 23.3 Å². The minimum atomic E-state index is -0.153. The Bertz CT molecular complexity index is 1410. The zero-order valence-electron chi connectivity index (χ0n) is 20.6. The molecular weight excluding hydrogens is 522 g/mol. The maximum absolute atomic E-state index is 13.3. The predicted octanol–water partition coefficient (Wildman–Crippen LogP) is 6.48. The highest BCUT2D eigenvalue weighted by molar-refractivity contribution is 7.71. The first kappa shape index (κ1) is 26.1. The number of aromatic nitrogens is 1. The van der Waals surface area contributed by atoms with Crippen LogP contribution in [0.5, 0.6) is 0 Å². The molecule has 0 aliphatic carbocycles. The number of rotatable bonds is 9. The lowest BCUT2D eigenvalue weighted by molar-refractivity contribution is 0.0346. The van der Waals surface area contributed by atoms with Crippen LogP contribution in [0, 0.1) is 4.51 Å². The Morgan fingerprint density at radius 3 is 2.57 bits per heavy atom. The molecule has 1 aliphatic heterocycles. The molecule has 1 amide bonds. The van der Waals surface area contributed by atoms with Gasteiger partial charge in [-0.1, -0.05) is 66.3 Å². The number of nitrogens with one attached hydrogen (secondary N) is 1. The zero-order chi connectivity index (χ0) is 25.6. The van der Waals surface area contributed by atoms with E-state index in [2.05, 4.69) is 45.1 Å². The van der Waals surface area contributed by atoms with Crippen LogP contribution in [0.25, 0.3) is 10.2 Å². The van der Waals surface area contributed by atoms with Crippen LogP contribution in [0.15, 0.2) is 66.9 Å². The lowest BCUT2D eigenvalue weighted by Crippen LogP contribution is -2.35. The molecule has 1 fully saturated rings. The number of nitrogens with zero attached hydrogens (tertiary/aromatic N) is 2. The van der Waals surface area contributed by atoms with E-state index in [4.69, 9.17) is 28.6 Å². The van der Waals surface area contributed by atoms with E-state index in [-0.39, 0.29) is 5.91 Å². The Morgan fingerprint density at radius 2 is 1.81 bits per heavy atom. The number of fused-ring (bicyclic) bond motifs is 1. The summed E-state index contributed by atoms with van der Waals surface area (Å²) in [5.41, 5.74) is 2.86. The van der Waals surface area contributed by atoms with Crippen molar-refractivity contribution in [1.82, 2.24) is 14.8 Å². The van der Waals surface area contributed by atoms with Crippen molar-refractivity contribution in [3.05, 3.63) is 98.0 Å². The number of aryl methyl sites for hydroxylation is 2. The maximum Gasteiger partial charge on any atom is 0.254 e. The third-order valence-corrected chi connectivity index (χ3v) is 8.45. The van der Waals surface area contributed by atoms with Gasteiger partial charge in [-0.25, -0.2) is 0 Å². The van der Waals surface area contributed by atoms with Crippen LogP contribution in [-0.4, -0.2) is 41.7 Å². The topological polar surface area (TPSA) is 46.5 Å². The number of hydrogen-bond donors (Lipinski definition) is 1. The number of ether oxygens (including phenoxy) is 1. The van der Waals surface area contributed by atoms with E-state index < -0.39 is 0 Å². The van der Waals surface area contributed by atoms with Crippen molar-refractivity contribution in [2.45, 2.75) is 32.5 Å². The maximum atomic E-state index is 13.3. The fraction of sp³-hybridized carbons (Fsp3) is 0.310. The van der Waals surface area contributed by atoms with Gasteiger partial charge in [0, 0.05) is 54.2 Å². The Morgan fingerprint density at radius 1 is 1.05 bits per heavy atom. The van der Waals surface area contributed by atoms with Crippen molar-refractivity contribution in [3.8, 4) is 0 Å². The molecule has 0 unspecified atom stereocenters. The van der Waals surface area contributed by atoms with Crippen LogP contribution in [-0.2, 0) is 30.8 Å². The highest BCUT2D eigenvalue weighted by Gasteiger charge is 2.18. The number of morpholine rings is 1. The fourth-order valence-electron chi connectivity index (χ4n) is 4.59. The summed E-state index contributed by atoms with van der Waals surface area (Å²) >= 11 is 13.6.